The number of hydrogen-bond acceptors (Lipinski definition) is 1. The molecule has 0 spiro atoms. The molecule has 0 radical (unpaired) electrons. The van der Waals surface area contributed by atoms with Gasteiger partial charge < -0.3 is 4.74 Å². The van der Waals surface area contributed by atoms with E-state index >= 15 is 0 Å². The lowest BCUT2D eigenvalue weighted by Crippen LogP contribution is -2.69. The third-order valence-electron chi connectivity index (χ3n) is 4.28. The van der Waals surface area contributed by atoms with E-state index in [1.165, 1.54) is 0 Å². The molecular formula is C14H15F3O. The largest absolute Gasteiger partial charge is 0.493 e. The lowest BCUT2D eigenvalue weighted by molar-refractivity contribution is -0.367. The molecule has 0 saturated heterocycles. The molecule has 0 N–H and O–H groups in total. The first-order chi connectivity index (χ1) is 8.34. The molecule has 1 aromatic carbocycles. The Labute approximate surface area is 104 Å². The van der Waals surface area contributed by atoms with Gasteiger partial charge in [-0.1, -0.05) is 12.1 Å². The molecule has 1 aromatic rings. The Balaban J connectivity index is 1.56. The van der Waals surface area contributed by atoms with Gasteiger partial charge in [-0.3, -0.25) is 0 Å². The van der Waals surface area contributed by atoms with Crippen molar-refractivity contribution in [2.45, 2.75) is 32.4 Å². The van der Waals surface area contributed by atoms with E-state index in [9.17, 15) is 13.2 Å². The molecule has 3 fully saturated rings. The molecule has 0 atom stereocenters. The number of rotatable bonds is 3. The van der Waals surface area contributed by atoms with Gasteiger partial charge in [-0.2, -0.15) is 13.2 Å². The highest BCUT2D eigenvalue weighted by molar-refractivity contribution is 5.28. The van der Waals surface area contributed by atoms with E-state index in [1.54, 1.807) is 0 Å². The lowest BCUT2D eigenvalue weighted by Gasteiger charge is -2.70. The van der Waals surface area contributed by atoms with Crippen LogP contribution in [0.4, 0.5) is 13.2 Å². The van der Waals surface area contributed by atoms with Crippen molar-refractivity contribution in [1.82, 2.24) is 0 Å². The summed E-state index contributed by atoms with van der Waals surface area (Å²) < 4.78 is 43.6. The zero-order chi connectivity index (χ0) is 13.0. The minimum atomic E-state index is -4.03. The van der Waals surface area contributed by atoms with E-state index in [0.717, 1.165) is 11.3 Å². The van der Waals surface area contributed by atoms with Gasteiger partial charge >= 0.3 is 6.18 Å². The quantitative estimate of drug-likeness (QED) is 0.791. The summed E-state index contributed by atoms with van der Waals surface area (Å²) in [5, 5.41) is 0. The smallest absolute Gasteiger partial charge is 0.394 e. The van der Waals surface area contributed by atoms with Crippen molar-refractivity contribution < 1.29 is 17.9 Å². The van der Waals surface area contributed by atoms with Crippen molar-refractivity contribution in [3.05, 3.63) is 29.8 Å². The summed E-state index contributed by atoms with van der Waals surface area (Å²) in [4.78, 5) is 0. The summed E-state index contributed by atoms with van der Waals surface area (Å²) in [6.45, 7) is 2.38. The summed E-state index contributed by atoms with van der Waals surface area (Å²) >= 11 is 0. The minimum absolute atomic E-state index is 0.209. The van der Waals surface area contributed by atoms with E-state index < -0.39 is 11.6 Å². The molecular weight excluding hydrogens is 241 g/mol. The standard InChI is InChI=1S/C14H15F3O/c1-10-3-2-4-11(5-10)18-9-12-6-13(7-12,8-12)14(15,16)17/h2-5H,6-9H2,1H3. The Morgan fingerprint density at radius 3 is 2.44 bits per heavy atom. The molecule has 0 aliphatic heterocycles. The van der Waals surface area contributed by atoms with Gasteiger partial charge in [0.1, 0.15) is 5.75 Å². The Morgan fingerprint density at radius 2 is 1.89 bits per heavy atom. The number of ether oxygens (including phenoxy) is 1. The predicted molar refractivity (Wildman–Crippen MR) is 61.4 cm³/mol. The summed E-state index contributed by atoms with van der Waals surface area (Å²) in [5.41, 5.74) is -0.487. The van der Waals surface area contributed by atoms with E-state index in [-0.39, 0.29) is 24.7 Å². The van der Waals surface area contributed by atoms with Crippen LogP contribution < -0.4 is 4.74 Å². The Hall–Kier alpha value is -1.19. The molecule has 3 aliphatic rings. The summed E-state index contributed by atoms with van der Waals surface area (Å²) in [5.74, 6) is 0.751. The second-order valence-electron chi connectivity index (χ2n) is 5.91. The van der Waals surface area contributed by atoms with Crippen LogP contribution in [0, 0.1) is 17.8 Å². The topological polar surface area (TPSA) is 9.23 Å². The average Bonchev–Trinajstić information content (AvgIpc) is 2.11. The van der Waals surface area contributed by atoms with Gasteiger partial charge in [-0.05, 0) is 43.9 Å². The number of alkyl halides is 3. The third kappa shape index (κ3) is 1.62. The van der Waals surface area contributed by atoms with E-state index in [0.29, 0.717) is 6.61 Å². The molecule has 0 unspecified atom stereocenters. The fraction of sp³-hybridized carbons (Fsp3) is 0.571. The SMILES string of the molecule is Cc1cccc(OCC23CC(C(F)(F)F)(C2)C3)c1. The van der Waals surface area contributed by atoms with E-state index in [2.05, 4.69) is 0 Å². The van der Waals surface area contributed by atoms with E-state index in [4.69, 9.17) is 4.74 Å². The van der Waals surface area contributed by atoms with Crippen LogP contribution in [-0.4, -0.2) is 12.8 Å². The highest BCUT2D eigenvalue weighted by Gasteiger charge is 2.78. The zero-order valence-corrected chi connectivity index (χ0v) is 10.2. The van der Waals surface area contributed by atoms with Crippen LogP contribution in [0.5, 0.6) is 5.75 Å². The third-order valence-corrected chi connectivity index (χ3v) is 4.28. The van der Waals surface area contributed by atoms with E-state index in [1.807, 2.05) is 31.2 Å². The van der Waals surface area contributed by atoms with Crippen molar-refractivity contribution >= 4 is 0 Å². The van der Waals surface area contributed by atoms with Gasteiger partial charge in [0, 0.05) is 5.41 Å². The highest BCUT2D eigenvalue weighted by Crippen LogP contribution is 2.78. The molecule has 98 valence electrons. The van der Waals surface area contributed by atoms with Crippen LogP contribution in [0.3, 0.4) is 0 Å². The molecule has 2 bridgehead atoms. The minimum Gasteiger partial charge on any atom is -0.493 e. The molecule has 1 nitrogen and oxygen atoms in total. The summed E-state index contributed by atoms with van der Waals surface area (Å²) in [7, 11) is 0. The second-order valence-corrected chi connectivity index (χ2v) is 5.91. The van der Waals surface area contributed by atoms with Gasteiger partial charge in [0.15, 0.2) is 0 Å². The monoisotopic (exact) mass is 256 g/mol. The normalized spacial score (nSPS) is 33.6. The molecule has 0 heterocycles. The first kappa shape index (κ1) is 11.9. The molecule has 0 aromatic heterocycles. The highest BCUT2D eigenvalue weighted by atomic mass is 19.4. The van der Waals surface area contributed by atoms with Crippen molar-refractivity contribution in [3.63, 3.8) is 0 Å². The van der Waals surface area contributed by atoms with Gasteiger partial charge in [-0.25, -0.2) is 0 Å². The first-order valence-corrected chi connectivity index (χ1v) is 6.11. The lowest BCUT2D eigenvalue weighted by atomic mass is 9.35. The maximum atomic E-state index is 12.7. The van der Waals surface area contributed by atoms with Crippen LogP contribution in [-0.2, 0) is 0 Å². The molecule has 3 saturated carbocycles. The van der Waals surface area contributed by atoms with Gasteiger partial charge in [0.2, 0.25) is 0 Å². The fourth-order valence-electron chi connectivity index (χ4n) is 3.39. The molecule has 0 amide bonds. The number of hydrogen-bond donors (Lipinski definition) is 0. The van der Waals surface area contributed by atoms with Crippen molar-refractivity contribution in [2.24, 2.45) is 10.8 Å². The zero-order valence-electron chi connectivity index (χ0n) is 10.2. The van der Waals surface area contributed by atoms with Gasteiger partial charge in [-0.15, -0.1) is 0 Å². The number of aryl methyl sites for hydroxylation is 1. The van der Waals surface area contributed by atoms with Gasteiger partial charge in [0.25, 0.3) is 0 Å². The van der Waals surface area contributed by atoms with Crippen LogP contribution in [0.2, 0.25) is 0 Å². The molecule has 4 rings (SSSR count). The first-order valence-electron chi connectivity index (χ1n) is 6.11. The Bertz CT molecular complexity index is 458. The predicted octanol–water partition coefficient (Wildman–Crippen LogP) is 4.11. The van der Waals surface area contributed by atoms with Crippen LogP contribution in [0.1, 0.15) is 24.8 Å². The van der Waals surface area contributed by atoms with Crippen LogP contribution in [0.15, 0.2) is 24.3 Å². The Kier molecular flexibility index (Phi) is 2.26. The fourth-order valence-corrected chi connectivity index (χ4v) is 3.39. The summed E-state index contributed by atoms with van der Waals surface area (Å²) in [6, 6.07) is 7.61. The second kappa shape index (κ2) is 3.43. The van der Waals surface area contributed by atoms with Crippen LogP contribution in [0.25, 0.3) is 0 Å². The van der Waals surface area contributed by atoms with Crippen molar-refractivity contribution in [3.8, 4) is 5.75 Å². The maximum Gasteiger partial charge on any atom is 0.394 e. The van der Waals surface area contributed by atoms with Crippen molar-refractivity contribution in [2.75, 3.05) is 6.61 Å². The van der Waals surface area contributed by atoms with Crippen LogP contribution >= 0.6 is 0 Å². The van der Waals surface area contributed by atoms with Crippen molar-refractivity contribution in [1.29, 1.82) is 0 Å². The Morgan fingerprint density at radius 1 is 1.22 bits per heavy atom. The molecule has 18 heavy (non-hydrogen) atoms. The average molecular weight is 256 g/mol. The molecule has 4 heteroatoms. The molecule has 3 aliphatic carbocycles. The number of halogens is 3. The maximum absolute atomic E-state index is 12.7. The van der Waals surface area contributed by atoms with Gasteiger partial charge in [0.05, 0.1) is 12.0 Å². The summed E-state index contributed by atoms with van der Waals surface area (Å²) in [6.07, 6.45) is -3.29. The number of benzene rings is 1.